The monoisotopic (exact) mass is 319 g/mol. The predicted octanol–water partition coefficient (Wildman–Crippen LogP) is 2.72. The van der Waals surface area contributed by atoms with Gasteiger partial charge in [0.2, 0.25) is 5.91 Å². The minimum absolute atomic E-state index is 0.0675. The number of anilines is 1. The molecule has 6 heteroatoms. The number of nitrogens with one attached hydrogen (secondary N) is 1. The fourth-order valence-corrected chi connectivity index (χ4v) is 2.60. The van der Waals surface area contributed by atoms with Crippen LogP contribution in [0.4, 0.5) is 5.69 Å². The van der Waals surface area contributed by atoms with E-state index in [2.05, 4.69) is 21.5 Å². The second-order valence-electron chi connectivity index (χ2n) is 5.66. The van der Waals surface area contributed by atoms with Crippen molar-refractivity contribution in [3.63, 3.8) is 0 Å². The molecule has 6 nitrogen and oxygen atoms in total. The largest absolute Gasteiger partial charge is 0.325 e. The van der Waals surface area contributed by atoms with Crippen LogP contribution in [0, 0.1) is 18.3 Å². The standard InChI is InChI=1S/C18H17N5O/c1-12-16-9-15(11-20-18(16)23(2)22-12)21-17(24)8-7-13-3-5-14(10-19)6-4-13/h3-6,9,11H,7-8H2,1-2H3,(H,21,24). The number of hydrogen-bond acceptors (Lipinski definition) is 4. The summed E-state index contributed by atoms with van der Waals surface area (Å²) >= 11 is 0. The summed E-state index contributed by atoms with van der Waals surface area (Å²) in [5.74, 6) is -0.0675. The van der Waals surface area contributed by atoms with Crippen LogP contribution < -0.4 is 5.32 Å². The van der Waals surface area contributed by atoms with Crippen LogP contribution >= 0.6 is 0 Å². The summed E-state index contributed by atoms with van der Waals surface area (Å²) in [6, 6.07) is 11.2. The maximum Gasteiger partial charge on any atom is 0.224 e. The second kappa shape index (κ2) is 6.50. The molecule has 0 saturated heterocycles. The van der Waals surface area contributed by atoms with Crippen LogP contribution in [0.25, 0.3) is 11.0 Å². The molecule has 2 heterocycles. The molecule has 0 saturated carbocycles. The normalized spacial score (nSPS) is 10.5. The van der Waals surface area contributed by atoms with Crippen molar-refractivity contribution in [1.29, 1.82) is 5.26 Å². The number of aryl methyl sites for hydroxylation is 3. The molecule has 0 aliphatic carbocycles. The van der Waals surface area contributed by atoms with Gasteiger partial charge in [0.25, 0.3) is 0 Å². The molecule has 0 aliphatic rings. The van der Waals surface area contributed by atoms with E-state index in [1.165, 1.54) is 0 Å². The molecule has 1 N–H and O–H groups in total. The summed E-state index contributed by atoms with van der Waals surface area (Å²) < 4.78 is 1.72. The number of carbonyl (C=O) groups excluding carboxylic acids is 1. The van der Waals surface area contributed by atoms with E-state index in [0.717, 1.165) is 22.3 Å². The van der Waals surface area contributed by atoms with Crippen molar-refractivity contribution >= 4 is 22.6 Å². The molecule has 0 radical (unpaired) electrons. The maximum absolute atomic E-state index is 12.1. The quantitative estimate of drug-likeness (QED) is 0.801. The van der Waals surface area contributed by atoms with Crippen LogP contribution in [0.5, 0.6) is 0 Å². The average Bonchev–Trinajstić information content (AvgIpc) is 2.87. The first-order valence-electron chi connectivity index (χ1n) is 7.65. The Morgan fingerprint density at radius 2 is 2.08 bits per heavy atom. The number of pyridine rings is 1. The lowest BCUT2D eigenvalue weighted by atomic mass is 10.1. The number of rotatable bonds is 4. The zero-order valence-corrected chi connectivity index (χ0v) is 13.6. The van der Waals surface area contributed by atoms with Crippen molar-refractivity contribution in [3.8, 4) is 6.07 Å². The van der Waals surface area contributed by atoms with Gasteiger partial charge in [-0.2, -0.15) is 10.4 Å². The molecule has 0 unspecified atom stereocenters. The molecule has 0 fully saturated rings. The number of amides is 1. The third kappa shape index (κ3) is 3.25. The highest BCUT2D eigenvalue weighted by atomic mass is 16.1. The SMILES string of the molecule is Cc1nn(C)c2ncc(NC(=O)CCc3ccc(C#N)cc3)cc12. The first-order chi connectivity index (χ1) is 11.6. The highest BCUT2D eigenvalue weighted by Gasteiger charge is 2.09. The Hall–Kier alpha value is -3.20. The third-order valence-corrected chi connectivity index (χ3v) is 3.87. The Bertz CT molecular complexity index is 934. The van der Waals surface area contributed by atoms with Crippen molar-refractivity contribution < 1.29 is 4.79 Å². The molecule has 0 spiro atoms. The van der Waals surface area contributed by atoms with Crippen molar-refractivity contribution in [2.24, 2.45) is 7.05 Å². The summed E-state index contributed by atoms with van der Waals surface area (Å²) in [5, 5.41) is 16.9. The van der Waals surface area contributed by atoms with Gasteiger partial charge in [-0.25, -0.2) is 4.98 Å². The van der Waals surface area contributed by atoms with E-state index in [9.17, 15) is 4.79 Å². The summed E-state index contributed by atoms with van der Waals surface area (Å²) in [6.07, 6.45) is 2.64. The van der Waals surface area contributed by atoms with E-state index in [1.807, 2.05) is 32.2 Å². The zero-order valence-electron chi connectivity index (χ0n) is 13.6. The van der Waals surface area contributed by atoms with E-state index in [1.54, 1.807) is 23.0 Å². The van der Waals surface area contributed by atoms with E-state index >= 15 is 0 Å². The Kier molecular flexibility index (Phi) is 4.25. The number of nitriles is 1. The lowest BCUT2D eigenvalue weighted by molar-refractivity contribution is -0.116. The van der Waals surface area contributed by atoms with Gasteiger partial charge in [-0.15, -0.1) is 0 Å². The van der Waals surface area contributed by atoms with Gasteiger partial charge in [-0.1, -0.05) is 12.1 Å². The molecule has 24 heavy (non-hydrogen) atoms. The maximum atomic E-state index is 12.1. The van der Waals surface area contributed by atoms with Crippen LogP contribution in [-0.2, 0) is 18.3 Å². The Balaban J connectivity index is 1.64. The molecule has 120 valence electrons. The van der Waals surface area contributed by atoms with Gasteiger partial charge in [0.1, 0.15) is 0 Å². The first kappa shape index (κ1) is 15.7. The van der Waals surface area contributed by atoms with Crippen molar-refractivity contribution in [2.75, 3.05) is 5.32 Å². The Morgan fingerprint density at radius 3 is 2.79 bits per heavy atom. The Labute approximate surface area is 139 Å². The molecule has 1 aromatic carbocycles. The lowest BCUT2D eigenvalue weighted by Crippen LogP contribution is -2.12. The van der Waals surface area contributed by atoms with Gasteiger partial charge in [-0.05, 0) is 37.1 Å². The fraction of sp³-hybridized carbons (Fsp3) is 0.222. The van der Waals surface area contributed by atoms with Gasteiger partial charge in [0.05, 0.1) is 29.2 Å². The summed E-state index contributed by atoms with van der Waals surface area (Å²) in [4.78, 5) is 16.5. The average molecular weight is 319 g/mol. The topological polar surface area (TPSA) is 83.6 Å². The highest BCUT2D eigenvalue weighted by molar-refractivity contribution is 5.93. The van der Waals surface area contributed by atoms with Crippen LogP contribution in [0.3, 0.4) is 0 Å². The van der Waals surface area contributed by atoms with Crippen LogP contribution in [0.1, 0.15) is 23.2 Å². The number of hydrogen-bond donors (Lipinski definition) is 1. The molecular weight excluding hydrogens is 302 g/mol. The number of nitrogens with zero attached hydrogens (tertiary/aromatic N) is 4. The number of carbonyl (C=O) groups is 1. The van der Waals surface area contributed by atoms with Crippen LogP contribution in [0.2, 0.25) is 0 Å². The van der Waals surface area contributed by atoms with E-state index in [0.29, 0.717) is 24.1 Å². The van der Waals surface area contributed by atoms with Gasteiger partial charge in [0, 0.05) is 18.9 Å². The molecule has 0 bridgehead atoms. The summed E-state index contributed by atoms with van der Waals surface area (Å²) in [6.45, 7) is 1.92. The molecule has 1 amide bonds. The first-order valence-corrected chi connectivity index (χ1v) is 7.65. The molecule has 3 aromatic rings. The predicted molar refractivity (Wildman–Crippen MR) is 91.4 cm³/mol. The minimum Gasteiger partial charge on any atom is -0.325 e. The smallest absolute Gasteiger partial charge is 0.224 e. The number of aromatic nitrogens is 3. The zero-order chi connectivity index (χ0) is 17.1. The van der Waals surface area contributed by atoms with Crippen LogP contribution in [0.15, 0.2) is 36.5 Å². The van der Waals surface area contributed by atoms with E-state index in [4.69, 9.17) is 5.26 Å². The van der Waals surface area contributed by atoms with Crippen molar-refractivity contribution in [3.05, 3.63) is 53.3 Å². The highest BCUT2D eigenvalue weighted by Crippen LogP contribution is 2.19. The fourth-order valence-electron chi connectivity index (χ4n) is 2.60. The van der Waals surface area contributed by atoms with Crippen LogP contribution in [-0.4, -0.2) is 20.7 Å². The summed E-state index contributed by atoms with van der Waals surface area (Å²) in [5.41, 5.74) is 4.00. The minimum atomic E-state index is -0.0675. The molecule has 0 atom stereocenters. The number of benzene rings is 1. The molecule has 2 aromatic heterocycles. The summed E-state index contributed by atoms with van der Waals surface area (Å²) in [7, 11) is 1.85. The van der Waals surface area contributed by atoms with Crippen molar-refractivity contribution in [2.45, 2.75) is 19.8 Å². The van der Waals surface area contributed by atoms with Gasteiger partial charge in [-0.3, -0.25) is 9.48 Å². The van der Waals surface area contributed by atoms with Gasteiger partial charge >= 0.3 is 0 Å². The molecule has 3 rings (SSSR count). The van der Waals surface area contributed by atoms with E-state index < -0.39 is 0 Å². The molecule has 0 aliphatic heterocycles. The van der Waals surface area contributed by atoms with E-state index in [-0.39, 0.29) is 5.91 Å². The van der Waals surface area contributed by atoms with Crippen molar-refractivity contribution in [1.82, 2.24) is 14.8 Å². The second-order valence-corrected chi connectivity index (χ2v) is 5.66. The third-order valence-electron chi connectivity index (χ3n) is 3.87. The lowest BCUT2D eigenvalue weighted by Gasteiger charge is -2.06. The number of fused-ring (bicyclic) bond motifs is 1. The molecular formula is C18H17N5O. The van der Waals surface area contributed by atoms with Gasteiger partial charge < -0.3 is 5.32 Å². The van der Waals surface area contributed by atoms with Gasteiger partial charge in [0.15, 0.2) is 5.65 Å². The Morgan fingerprint density at radius 1 is 1.33 bits per heavy atom.